The Morgan fingerprint density at radius 3 is 2.39 bits per heavy atom. The summed E-state index contributed by atoms with van der Waals surface area (Å²) in [6.07, 6.45) is 2.29. The Hall–Kier alpha value is -3.61. The summed E-state index contributed by atoms with van der Waals surface area (Å²) < 4.78 is 12.0. The molecule has 3 heterocycles. The lowest BCUT2D eigenvalue weighted by Crippen LogP contribution is -2.50. The van der Waals surface area contributed by atoms with Gasteiger partial charge in [0.25, 0.3) is 0 Å². The highest BCUT2D eigenvalue weighted by molar-refractivity contribution is 6.07. The lowest BCUT2D eigenvalue weighted by molar-refractivity contribution is 0.0101. The van der Waals surface area contributed by atoms with E-state index in [0.29, 0.717) is 6.61 Å². The van der Waals surface area contributed by atoms with Gasteiger partial charge in [-0.15, -0.1) is 0 Å². The van der Waals surface area contributed by atoms with Gasteiger partial charge in [-0.2, -0.15) is 0 Å². The van der Waals surface area contributed by atoms with Gasteiger partial charge in [-0.25, -0.2) is 0 Å². The number of oxime groups is 1. The van der Waals surface area contributed by atoms with Crippen LogP contribution in [0.4, 0.5) is 0 Å². The summed E-state index contributed by atoms with van der Waals surface area (Å²) in [5.74, 6) is 1.79. The normalized spacial score (nSPS) is 21.6. The maximum absolute atomic E-state index is 6.28. The highest BCUT2D eigenvalue weighted by Crippen LogP contribution is 2.41. The Balaban J connectivity index is 1.07. The van der Waals surface area contributed by atoms with Crippen LogP contribution in [0.1, 0.15) is 18.1 Å². The third kappa shape index (κ3) is 5.19. The zero-order chi connectivity index (χ0) is 25.9. The Morgan fingerprint density at radius 2 is 1.66 bits per heavy atom. The van der Waals surface area contributed by atoms with Crippen LogP contribution in [0.15, 0.2) is 83.5 Å². The van der Waals surface area contributed by atoms with Gasteiger partial charge in [-0.05, 0) is 30.2 Å². The van der Waals surface area contributed by atoms with Gasteiger partial charge in [-0.3, -0.25) is 9.80 Å². The number of hydrogen-bond donors (Lipinski definition) is 0. The van der Waals surface area contributed by atoms with E-state index < -0.39 is 0 Å². The van der Waals surface area contributed by atoms with Gasteiger partial charge in [0, 0.05) is 50.4 Å². The summed E-state index contributed by atoms with van der Waals surface area (Å²) in [5.41, 5.74) is 6.74. The lowest BCUT2D eigenvalue weighted by atomic mass is 9.88. The first-order valence-electron chi connectivity index (χ1n) is 13.5. The molecule has 0 saturated carbocycles. The molecule has 3 aliphatic heterocycles. The zero-order valence-corrected chi connectivity index (χ0v) is 22.2. The van der Waals surface area contributed by atoms with Gasteiger partial charge in [0.1, 0.15) is 23.8 Å². The van der Waals surface area contributed by atoms with E-state index in [4.69, 9.17) is 14.3 Å². The molecule has 0 aliphatic carbocycles. The predicted molar refractivity (Wildman–Crippen MR) is 152 cm³/mol. The molecule has 38 heavy (non-hydrogen) atoms. The van der Waals surface area contributed by atoms with E-state index in [9.17, 15) is 0 Å². The van der Waals surface area contributed by atoms with Crippen molar-refractivity contribution in [2.75, 3.05) is 53.0 Å². The minimum Gasteiger partial charge on any atom is -0.496 e. The predicted octanol–water partition coefficient (Wildman–Crippen LogP) is 5.19. The van der Waals surface area contributed by atoms with Crippen molar-refractivity contribution in [2.24, 2.45) is 11.1 Å². The molecule has 0 spiro atoms. The molecule has 0 N–H and O–H groups in total. The summed E-state index contributed by atoms with van der Waals surface area (Å²) in [4.78, 5) is 11.1. The minimum absolute atomic E-state index is 0.00390. The van der Waals surface area contributed by atoms with E-state index in [1.54, 1.807) is 7.11 Å². The summed E-state index contributed by atoms with van der Waals surface area (Å²) >= 11 is 0. The highest BCUT2D eigenvalue weighted by Gasteiger charge is 2.41. The third-order valence-electron chi connectivity index (χ3n) is 7.76. The van der Waals surface area contributed by atoms with Crippen LogP contribution in [0, 0.1) is 5.92 Å². The van der Waals surface area contributed by atoms with Gasteiger partial charge in [0.15, 0.2) is 6.10 Å². The van der Waals surface area contributed by atoms with Gasteiger partial charge in [0.05, 0.1) is 13.0 Å². The van der Waals surface area contributed by atoms with Crippen molar-refractivity contribution in [2.45, 2.75) is 13.0 Å². The average molecular weight is 510 g/mol. The number of benzene rings is 3. The molecule has 0 amide bonds. The second kappa shape index (κ2) is 11.0. The summed E-state index contributed by atoms with van der Waals surface area (Å²) in [6.45, 7) is 8.87. The van der Waals surface area contributed by atoms with E-state index in [0.717, 1.165) is 73.2 Å². The first-order chi connectivity index (χ1) is 18.7. The topological polar surface area (TPSA) is 46.5 Å². The fourth-order valence-corrected chi connectivity index (χ4v) is 5.73. The van der Waals surface area contributed by atoms with E-state index in [2.05, 4.69) is 82.6 Å². The van der Waals surface area contributed by atoms with Crippen molar-refractivity contribution in [1.29, 1.82) is 0 Å². The van der Waals surface area contributed by atoms with Gasteiger partial charge in [-0.1, -0.05) is 77.5 Å². The Bertz CT molecular complexity index is 1310. The summed E-state index contributed by atoms with van der Waals surface area (Å²) in [5, 5.41) is 4.55. The van der Waals surface area contributed by atoms with Crippen LogP contribution < -0.4 is 9.47 Å². The van der Waals surface area contributed by atoms with Crippen LogP contribution in [0.3, 0.4) is 0 Å². The SMILES string of the molecule is COc1cc2c(cc1-c1ccccc1)OCC1C2=NOC1CN1CCN(C/C(C)=C/c2ccccc2)CC1. The second-order valence-electron chi connectivity index (χ2n) is 10.4. The number of methoxy groups -OCH3 is 1. The monoisotopic (exact) mass is 509 g/mol. The van der Waals surface area contributed by atoms with Crippen LogP contribution in [-0.2, 0) is 4.84 Å². The minimum atomic E-state index is 0.00390. The summed E-state index contributed by atoms with van der Waals surface area (Å²) in [6, 6.07) is 24.9. The van der Waals surface area contributed by atoms with E-state index in [1.165, 1.54) is 11.1 Å². The van der Waals surface area contributed by atoms with Crippen LogP contribution >= 0.6 is 0 Å². The number of hydrogen-bond acceptors (Lipinski definition) is 6. The molecule has 2 unspecified atom stereocenters. The standard InChI is InChI=1S/C32H35N3O3/c1-23(17-24-9-5-3-6-10-24)20-34-13-15-35(16-14-34)21-31-28-22-37-30-18-26(25-11-7-4-8-12-25)29(36-2)19-27(30)32(28)33-38-31/h3-12,17-19,28,31H,13-16,20-22H2,1-2H3/b23-17+. The van der Waals surface area contributed by atoms with Crippen molar-refractivity contribution in [3.63, 3.8) is 0 Å². The zero-order valence-electron chi connectivity index (χ0n) is 22.2. The molecule has 0 radical (unpaired) electrons. The highest BCUT2D eigenvalue weighted by atomic mass is 16.6. The molecular formula is C32H35N3O3. The molecule has 0 bridgehead atoms. The fourth-order valence-electron chi connectivity index (χ4n) is 5.73. The molecule has 3 aromatic rings. The molecule has 6 rings (SSSR count). The van der Waals surface area contributed by atoms with E-state index >= 15 is 0 Å². The molecule has 6 nitrogen and oxygen atoms in total. The fraction of sp³-hybridized carbons (Fsp3) is 0.344. The number of rotatable bonds is 7. The molecule has 3 aliphatic rings. The smallest absolute Gasteiger partial charge is 0.151 e. The molecular weight excluding hydrogens is 474 g/mol. The molecule has 1 saturated heterocycles. The molecule has 1 fully saturated rings. The van der Waals surface area contributed by atoms with Crippen molar-refractivity contribution in [3.8, 4) is 22.6 Å². The third-order valence-corrected chi connectivity index (χ3v) is 7.76. The molecule has 196 valence electrons. The van der Waals surface area contributed by atoms with Crippen LogP contribution in [-0.4, -0.2) is 74.6 Å². The van der Waals surface area contributed by atoms with Gasteiger partial charge in [0.2, 0.25) is 0 Å². The summed E-state index contributed by atoms with van der Waals surface area (Å²) in [7, 11) is 1.71. The van der Waals surface area contributed by atoms with Crippen LogP contribution in [0.25, 0.3) is 17.2 Å². The lowest BCUT2D eigenvalue weighted by Gasteiger charge is -2.36. The largest absolute Gasteiger partial charge is 0.496 e. The van der Waals surface area contributed by atoms with E-state index in [1.807, 2.05) is 18.2 Å². The van der Waals surface area contributed by atoms with Gasteiger partial charge < -0.3 is 14.3 Å². The molecule has 6 heteroatoms. The number of nitrogens with zero attached hydrogens (tertiary/aromatic N) is 3. The van der Waals surface area contributed by atoms with E-state index in [-0.39, 0.29) is 12.0 Å². The van der Waals surface area contributed by atoms with Crippen molar-refractivity contribution >= 4 is 11.8 Å². The van der Waals surface area contributed by atoms with Crippen LogP contribution in [0.5, 0.6) is 11.5 Å². The first-order valence-corrected chi connectivity index (χ1v) is 13.5. The molecule has 3 aromatic carbocycles. The Labute approximate surface area is 225 Å². The van der Waals surface area contributed by atoms with Crippen molar-refractivity contribution < 1.29 is 14.3 Å². The number of ether oxygens (including phenoxy) is 2. The molecule has 0 aromatic heterocycles. The van der Waals surface area contributed by atoms with Crippen LogP contribution in [0.2, 0.25) is 0 Å². The van der Waals surface area contributed by atoms with Gasteiger partial charge >= 0.3 is 0 Å². The first kappa shape index (κ1) is 24.7. The quantitative estimate of drug-likeness (QED) is 0.438. The molecule has 2 atom stereocenters. The second-order valence-corrected chi connectivity index (χ2v) is 10.4. The Morgan fingerprint density at radius 1 is 0.947 bits per heavy atom. The van der Waals surface area contributed by atoms with Crippen molar-refractivity contribution in [3.05, 3.63) is 89.5 Å². The van der Waals surface area contributed by atoms with Crippen molar-refractivity contribution in [1.82, 2.24) is 9.80 Å². The number of piperazine rings is 1. The maximum atomic E-state index is 6.28. The Kier molecular flexibility index (Phi) is 7.16. The maximum Gasteiger partial charge on any atom is 0.151 e. The average Bonchev–Trinajstić information content (AvgIpc) is 3.37. The number of fused-ring (bicyclic) bond motifs is 3.